The molecule has 17 heteroatoms. The topological polar surface area (TPSA) is 107 Å². The van der Waals surface area contributed by atoms with Crippen molar-refractivity contribution in [1.29, 1.82) is 0 Å². The van der Waals surface area contributed by atoms with Crippen LogP contribution in [-0.4, -0.2) is 43.2 Å². The zero-order valence-electron chi connectivity index (χ0n) is 24.3. The fourth-order valence-electron chi connectivity index (χ4n) is 5.20. The Labute approximate surface area is 266 Å². The number of aromatic amines is 2. The molecular weight excluding hydrogens is 664 g/mol. The molecule has 0 aliphatic heterocycles. The van der Waals surface area contributed by atoms with Gasteiger partial charge in [0, 0.05) is 30.6 Å². The van der Waals surface area contributed by atoms with Crippen LogP contribution in [0.5, 0.6) is 0 Å². The fourth-order valence-corrected chi connectivity index (χ4v) is 5.40. The Kier molecular flexibility index (Phi) is 9.35. The lowest BCUT2D eigenvalue weighted by molar-refractivity contribution is -0.139. The lowest BCUT2D eigenvalue weighted by Crippen LogP contribution is -2.34. The van der Waals surface area contributed by atoms with Crippen molar-refractivity contribution >= 4 is 23.4 Å². The van der Waals surface area contributed by atoms with Crippen molar-refractivity contribution in [2.75, 3.05) is 0 Å². The van der Waals surface area contributed by atoms with E-state index in [4.69, 9.17) is 11.6 Å². The molecule has 0 saturated heterocycles. The Balaban J connectivity index is 1.42. The second kappa shape index (κ2) is 13.0. The van der Waals surface area contributed by atoms with E-state index in [1.54, 1.807) is 6.92 Å². The number of benzene rings is 2. The van der Waals surface area contributed by atoms with E-state index in [1.807, 2.05) is 0 Å². The van der Waals surface area contributed by atoms with Crippen molar-refractivity contribution in [1.82, 2.24) is 30.6 Å². The smallest absolute Gasteiger partial charge is 0.348 e. The number of nitrogens with one attached hydrogen (secondary N) is 3. The average molecular weight is 689 g/mol. The molecule has 1 saturated carbocycles. The van der Waals surface area contributed by atoms with E-state index < -0.39 is 78.5 Å². The summed E-state index contributed by atoms with van der Waals surface area (Å²) in [5.74, 6) is -1.85. The van der Waals surface area contributed by atoms with Gasteiger partial charge < -0.3 is 10.2 Å². The number of carbonyl (C=O) groups is 2. The van der Waals surface area contributed by atoms with E-state index in [0.29, 0.717) is 18.4 Å². The van der Waals surface area contributed by atoms with Gasteiger partial charge >= 0.3 is 12.4 Å². The van der Waals surface area contributed by atoms with Gasteiger partial charge in [0.25, 0.3) is 18.2 Å². The van der Waals surface area contributed by atoms with Gasteiger partial charge in [-0.15, -0.1) is 0 Å². The van der Waals surface area contributed by atoms with Crippen LogP contribution in [0.1, 0.15) is 84.9 Å². The van der Waals surface area contributed by atoms with Crippen LogP contribution >= 0.6 is 11.6 Å². The largest absolute Gasteiger partial charge is 0.416 e. The molecule has 0 atom stereocenters. The van der Waals surface area contributed by atoms with Crippen molar-refractivity contribution in [2.45, 2.75) is 64.1 Å². The number of amides is 2. The first kappa shape index (κ1) is 33.9. The summed E-state index contributed by atoms with van der Waals surface area (Å²) in [7, 11) is 0. The van der Waals surface area contributed by atoms with E-state index >= 15 is 0 Å². The second-order valence-corrected chi connectivity index (χ2v) is 11.4. The third-order valence-electron chi connectivity index (χ3n) is 7.57. The van der Waals surface area contributed by atoms with Gasteiger partial charge in [-0.2, -0.15) is 36.5 Å². The Morgan fingerprint density at radius 3 is 2.28 bits per heavy atom. The third-order valence-corrected chi connectivity index (χ3v) is 7.81. The molecule has 0 unspecified atom stereocenters. The van der Waals surface area contributed by atoms with E-state index in [1.165, 1.54) is 12.1 Å². The van der Waals surface area contributed by atoms with Crippen LogP contribution in [0.4, 0.5) is 35.1 Å². The third kappa shape index (κ3) is 7.58. The van der Waals surface area contributed by atoms with Gasteiger partial charge in [0.1, 0.15) is 5.69 Å². The number of aryl methyl sites for hydroxylation is 1. The highest BCUT2D eigenvalue weighted by molar-refractivity contribution is 6.30. The zero-order valence-corrected chi connectivity index (χ0v) is 25.0. The van der Waals surface area contributed by atoms with Crippen LogP contribution in [0, 0.1) is 6.92 Å². The summed E-state index contributed by atoms with van der Waals surface area (Å²) in [4.78, 5) is 28.0. The maximum atomic E-state index is 14.1. The molecule has 0 spiro atoms. The number of carbonyl (C=O) groups excluding carboxylic acids is 2. The van der Waals surface area contributed by atoms with Gasteiger partial charge in [-0.05, 0) is 55.2 Å². The first-order chi connectivity index (χ1) is 22.0. The minimum Gasteiger partial charge on any atom is -0.348 e. The van der Waals surface area contributed by atoms with Gasteiger partial charge in [-0.3, -0.25) is 19.8 Å². The van der Waals surface area contributed by atoms with Crippen LogP contribution in [0.3, 0.4) is 0 Å². The minimum atomic E-state index is -4.78. The van der Waals surface area contributed by atoms with Crippen molar-refractivity contribution in [3.05, 3.63) is 104 Å². The molecule has 8 nitrogen and oxygen atoms in total. The Hall–Kier alpha value is -4.47. The zero-order chi connectivity index (χ0) is 34.3. The summed E-state index contributed by atoms with van der Waals surface area (Å²) >= 11 is 5.95. The predicted octanol–water partition coefficient (Wildman–Crippen LogP) is 7.40. The van der Waals surface area contributed by atoms with E-state index in [9.17, 15) is 44.7 Å². The standard InChI is InChI=1S/C30H25ClF8N6O2/c1-14-2-6-20(29(34,35)36)15(8-14)11-40-27(46)19-12-41-42-22(19)10-23-24(25(26(32)33)44-43-23)28(47)45(18-4-5-18)13-16-9-17(31)3-7-21(16)30(37,38)39/h2-3,6-9,12,18,26H,4-5,10-11,13H2,1H3,(H,40,46)(H,41,42)(H,43,44). The Bertz CT molecular complexity index is 1800. The molecule has 2 aromatic heterocycles. The molecule has 3 N–H and O–H groups in total. The summed E-state index contributed by atoms with van der Waals surface area (Å²) in [6.07, 6.45) is -11.2. The predicted molar refractivity (Wildman–Crippen MR) is 152 cm³/mol. The Morgan fingerprint density at radius 1 is 0.979 bits per heavy atom. The molecule has 47 heavy (non-hydrogen) atoms. The molecular formula is C30H25ClF8N6O2. The average Bonchev–Trinajstić information content (AvgIpc) is 3.56. The molecule has 2 amide bonds. The quantitative estimate of drug-likeness (QED) is 0.151. The summed E-state index contributed by atoms with van der Waals surface area (Å²) in [6.45, 7) is 0.511. The van der Waals surface area contributed by atoms with Crippen LogP contribution in [0.15, 0.2) is 42.6 Å². The number of rotatable bonds is 10. The molecule has 0 radical (unpaired) electrons. The van der Waals surface area contributed by atoms with Crippen molar-refractivity contribution in [3.63, 3.8) is 0 Å². The lowest BCUT2D eigenvalue weighted by Gasteiger charge is -2.25. The molecule has 1 aliphatic carbocycles. The minimum absolute atomic E-state index is 0.00785. The van der Waals surface area contributed by atoms with E-state index in [0.717, 1.165) is 35.4 Å². The number of H-pyrrole nitrogens is 2. The summed E-state index contributed by atoms with van der Waals surface area (Å²) in [5, 5.41) is 14.6. The first-order valence-corrected chi connectivity index (χ1v) is 14.4. The SMILES string of the molecule is Cc1ccc(C(F)(F)F)c(CNC(=O)c2cn[nH]c2Cc2[nH]nc(C(F)F)c2C(=O)N(Cc2cc(Cl)ccc2C(F)(F)F)C2CC2)c1. The summed E-state index contributed by atoms with van der Waals surface area (Å²) in [6, 6.07) is 5.81. The van der Waals surface area contributed by atoms with Crippen LogP contribution in [0.2, 0.25) is 5.02 Å². The van der Waals surface area contributed by atoms with Crippen molar-refractivity contribution in [3.8, 4) is 0 Å². The molecule has 2 aromatic carbocycles. The highest BCUT2D eigenvalue weighted by Gasteiger charge is 2.40. The number of hydrogen-bond acceptors (Lipinski definition) is 4. The number of alkyl halides is 8. The van der Waals surface area contributed by atoms with Crippen LogP contribution in [-0.2, 0) is 31.9 Å². The van der Waals surface area contributed by atoms with Crippen LogP contribution < -0.4 is 5.32 Å². The van der Waals surface area contributed by atoms with Crippen LogP contribution in [0.25, 0.3) is 0 Å². The fraction of sp³-hybridized carbons (Fsp3) is 0.333. The van der Waals surface area contributed by atoms with E-state index in [2.05, 4.69) is 25.7 Å². The number of aromatic nitrogens is 4. The van der Waals surface area contributed by atoms with Gasteiger partial charge in [0.15, 0.2) is 0 Å². The monoisotopic (exact) mass is 688 g/mol. The number of halogens is 9. The highest BCUT2D eigenvalue weighted by Crippen LogP contribution is 2.38. The number of hydrogen-bond donors (Lipinski definition) is 3. The van der Waals surface area contributed by atoms with Gasteiger partial charge in [-0.1, -0.05) is 29.3 Å². The maximum absolute atomic E-state index is 14.1. The van der Waals surface area contributed by atoms with E-state index in [-0.39, 0.29) is 33.1 Å². The highest BCUT2D eigenvalue weighted by atomic mass is 35.5. The molecule has 4 aromatic rings. The first-order valence-electron chi connectivity index (χ1n) is 14.0. The Morgan fingerprint density at radius 2 is 1.64 bits per heavy atom. The second-order valence-electron chi connectivity index (χ2n) is 11.0. The molecule has 0 bridgehead atoms. The summed E-state index contributed by atoms with van der Waals surface area (Å²) < 4.78 is 110. The number of nitrogens with zero attached hydrogens (tertiary/aromatic N) is 3. The van der Waals surface area contributed by atoms with Crippen molar-refractivity contribution in [2.24, 2.45) is 0 Å². The van der Waals surface area contributed by atoms with Gasteiger partial charge in [-0.25, -0.2) is 8.78 Å². The molecule has 5 rings (SSSR count). The molecule has 1 aliphatic rings. The molecule has 2 heterocycles. The molecule has 1 fully saturated rings. The van der Waals surface area contributed by atoms with Gasteiger partial charge in [0.05, 0.1) is 39.8 Å². The molecule has 250 valence electrons. The maximum Gasteiger partial charge on any atom is 0.416 e. The normalized spacial score (nSPS) is 13.7. The summed E-state index contributed by atoms with van der Waals surface area (Å²) in [5.41, 5.74) is -3.81. The van der Waals surface area contributed by atoms with Gasteiger partial charge in [0.2, 0.25) is 0 Å². The van der Waals surface area contributed by atoms with Crippen molar-refractivity contribution < 1.29 is 44.7 Å². The lowest BCUT2D eigenvalue weighted by atomic mass is 10.0.